The number of carboxylic acid groups (broad SMARTS) is 1. The molecule has 1 aromatic heterocycles. The predicted octanol–water partition coefficient (Wildman–Crippen LogP) is 4.49. The van der Waals surface area contributed by atoms with E-state index in [9.17, 15) is 9.90 Å². The number of carboxylic acids is 1. The summed E-state index contributed by atoms with van der Waals surface area (Å²) in [5.74, 6) is -0.903. The second-order valence-electron chi connectivity index (χ2n) is 5.37. The maximum absolute atomic E-state index is 11.5. The number of benzene rings is 1. The lowest BCUT2D eigenvalue weighted by Gasteiger charge is -2.13. The zero-order chi connectivity index (χ0) is 15.0. The molecule has 3 rings (SSSR count). The summed E-state index contributed by atoms with van der Waals surface area (Å²) in [5.41, 5.74) is 4.42. The van der Waals surface area contributed by atoms with Gasteiger partial charge in [-0.3, -0.25) is 0 Å². The van der Waals surface area contributed by atoms with E-state index >= 15 is 0 Å². The number of aromatic amines is 1. The molecule has 0 amide bonds. The van der Waals surface area contributed by atoms with Crippen molar-refractivity contribution in [3.05, 3.63) is 56.3 Å². The molecule has 2 N–H and O–H groups in total. The highest BCUT2D eigenvalue weighted by molar-refractivity contribution is 6.42. The molecule has 0 spiro atoms. The first kappa shape index (κ1) is 14.5. The number of hydrogen-bond donors (Lipinski definition) is 2. The smallest absolute Gasteiger partial charge is 0.352 e. The molecule has 0 bridgehead atoms. The lowest BCUT2D eigenvalue weighted by molar-refractivity contribution is 0.0690. The average Bonchev–Trinajstić information content (AvgIpc) is 2.82. The molecule has 1 aromatic carbocycles. The summed E-state index contributed by atoms with van der Waals surface area (Å²) in [6.45, 7) is 0. The van der Waals surface area contributed by atoms with Gasteiger partial charge in [-0.25, -0.2) is 4.79 Å². The molecule has 1 aliphatic rings. The molecule has 5 heteroatoms. The Balaban J connectivity index is 2.02. The van der Waals surface area contributed by atoms with Crippen LogP contribution >= 0.6 is 23.2 Å². The van der Waals surface area contributed by atoms with E-state index in [-0.39, 0.29) is 0 Å². The summed E-state index contributed by atoms with van der Waals surface area (Å²) in [5, 5.41) is 10.4. The number of aromatic nitrogens is 1. The first-order valence-corrected chi connectivity index (χ1v) is 7.71. The summed E-state index contributed by atoms with van der Waals surface area (Å²) in [4.78, 5) is 14.6. The van der Waals surface area contributed by atoms with Crippen molar-refractivity contribution in [3.63, 3.8) is 0 Å². The van der Waals surface area contributed by atoms with Gasteiger partial charge in [0.25, 0.3) is 0 Å². The van der Waals surface area contributed by atoms with Crippen molar-refractivity contribution < 1.29 is 9.90 Å². The van der Waals surface area contributed by atoms with Crippen LogP contribution in [0, 0.1) is 0 Å². The van der Waals surface area contributed by atoms with Gasteiger partial charge in [0.1, 0.15) is 5.69 Å². The molecule has 0 radical (unpaired) electrons. The van der Waals surface area contributed by atoms with Crippen LogP contribution in [0.15, 0.2) is 18.2 Å². The molecule has 0 aliphatic heterocycles. The van der Waals surface area contributed by atoms with Gasteiger partial charge in [0.15, 0.2) is 0 Å². The maximum atomic E-state index is 11.5. The van der Waals surface area contributed by atoms with Gasteiger partial charge < -0.3 is 10.1 Å². The predicted molar refractivity (Wildman–Crippen MR) is 83.7 cm³/mol. The van der Waals surface area contributed by atoms with Crippen molar-refractivity contribution >= 4 is 29.2 Å². The fourth-order valence-corrected chi connectivity index (χ4v) is 3.31. The number of H-pyrrole nitrogens is 1. The SMILES string of the molecule is O=C(O)c1[nH]c2c(c1Cc1ccc(Cl)c(Cl)c1)CCCC2. The summed E-state index contributed by atoms with van der Waals surface area (Å²) < 4.78 is 0. The summed E-state index contributed by atoms with van der Waals surface area (Å²) in [6, 6.07) is 5.44. The Morgan fingerprint density at radius 1 is 1.19 bits per heavy atom. The quantitative estimate of drug-likeness (QED) is 0.874. The molecule has 0 saturated heterocycles. The molecule has 1 aliphatic carbocycles. The summed E-state index contributed by atoms with van der Waals surface area (Å²) >= 11 is 12.0. The highest BCUT2D eigenvalue weighted by Crippen LogP contribution is 2.30. The van der Waals surface area contributed by atoms with Gasteiger partial charge in [0.2, 0.25) is 0 Å². The topological polar surface area (TPSA) is 53.1 Å². The Morgan fingerprint density at radius 2 is 1.95 bits per heavy atom. The number of aryl methyl sites for hydroxylation is 1. The third-order valence-corrected chi connectivity index (χ3v) is 4.73. The van der Waals surface area contributed by atoms with E-state index in [1.54, 1.807) is 12.1 Å². The molecule has 21 heavy (non-hydrogen) atoms. The van der Waals surface area contributed by atoms with Crippen LogP contribution in [0.4, 0.5) is 0 Å². The van der Waals surface area contributed by atoms with Crippen molar-refractivity contribution in [1.82, 2.24) is 4.98 Å². The van der Waals surface area contributed by atoms with Crippen molar-refractivity contribution in [2.75, 3.05) is 0 Å². The monoisotopic (exact) mass is 323 g/mol. The summed E-state index contributed by atoms with van der Waals surface area (Å²) in [6.07, 6.45) is 4.65. The standard InChI is InChI=1S/C16H15Cl2NO2/c17-12-6-5-9(8-13(12)18)7-11-10-3-1-2-4-14(10)19-15(11)16(20)21/h5-6,8,19H,1-4,7H2,(H,20,21). The van der Waals surface area contributed by atoms with Crippen LogP contribution in [0.1, 0.15) is 45.7 Å². The molecular weight excluding hydrogens is 309 g/mol. The van der Waals surface area contributed by atoms with Gasteiger partial charge in [0, 0.05) is 12.1 Å². The normalized spacial score (nSPS) is 14.0. The van der Waals surface area contributed by atoms with Crippen LogP contribution in [-0.4, -0.2) is 16.1 Å². The number of rotatable bonds is 3. The first-order chi connectivity index (χ1) is 10.1. The van der Waals surface area contributed by atoms with Crippen molar-refractivity contribution in [1.29, 1.82) is 0 Å². The molecule has 1 heterocycles. The second kappa shape index (κ2) is 5.74. The van der Waals surface area contributed by atoms with E-state index in [0.29, 0.717) is 22.2 Å². The zero-order valence-corrected chi connectivity index (χ0v) is 12.9. The molecule has 0 unspecified atom stereocenters. The molecule has 0 fully saturated rings. The van der Waals surface area contributed by atoms with Crippen molar-refractivity contribution in [2.24, 2.45) is 0 Å². The Kier molecular flexibility index (Phi) is 3.96. The minimum Gasteiger partial charge on any atom is -0.477 e. The Morgan fingerprint density at radius 3 is 2.67 bits per heavy atom. The third-order valence-electron chi connectivity index (χ3n) is 3.99. The number of fused-ring (bicyclic) bond motifs is 1. The van der Waals surface area contributed by atoms with E-state index in [0.717, 1.165) is 42.5 Å². The number of aromatic carboxylic acids is 1. The molecule has 3 nitrogen and oxygen atoms in total. The molecule has 0 atom stereocenters. The van der Waals surface area contributed by atoms with Gasteiger partial charge in [0.05, 0.1) is 10.0 Å². The van der Waals surface area contributed by atoms with Crippen LogP contribution in [-0.2, 0) is 19.3 Å². The number of halogens is 2. The third kappa shape index (κ3) is 2.81. The lowest BCUT2D eigenvalue weighted by Crippen LogP contribution is -2.04. The molecule has 110 valence electrons. The number of hydrogen-bond acceptors (Lipinski definition) is 1. The van der Waals surface area contributed by atoms with Crippen LogP contribution in [0.2, 0.25) is 10.0 Å². The average molecular weight is 324 g/mol. The van der Waals surface area contributed by atoms with Gasteiger partial charge >= 0.3 is 5.97 Å². The van der Waals surface area contributed by atoms with E-state index < -0.39 is 5.97 Å². The first-order valence-electron chi connectivity index (χ1n) is 6.96. The Bertz CT molecular complexity index is 707. The fourth-order valence-electron chi connectivity index (χ4n) is 2.98. The van der Waals surface area contributed by atoms with E-state index in [1.165, 1.54) is 5.56 Å². The fraction of sp³-hybridized carbons (Fsp3) is 0.312. The van der Waals surface area contributed by atoms with Crippen LogP contribution < -0.4 is 0 Å². The van der Waals surface area contributed by atoms with Crippen molar-refractivity contribution in [2.45, 2.75) is 32.1 Å². The largest absolute Gasteiger partial charge is 0.477 e. The summed E-state index contributed by atoms with van der Waals surface area (Å²) in [7, 11) is 0. The minimum atomic E-state index is -0.903. The zero-order valence-electron chi connectivity index (χ0n) is 11.4. The molecule has 0 saturated carbocycles. The Labute approximate surface area is 132 Å². The lowest BCUT2D eigenvalue weighted by atomic mass is 9.91. The van der Waals surface area contributed by atoms with Crippen LogP contribution in [0.5, 0.6) is 0 Å². The van der Waals surface area contributed by atoms with Gasteiger partial charge in [-0.1, -0.05) is 29.3 Å². The van der Waals surface area contributed by atoms with E-state index in [1.807, 2.05) is 6.07 Å². The second-order valence-corrected chi connectivity index (χ2v) is 6.19. The molecular formula is C16H15Cl2NO2. The van der Waals surface area contributed by atoms with Crippen LogP contribution in [0.3, 0.4) is 0 Å². The highest BCUT2D eigenvalue weighted by Gasteiger charge is 2.23. The van der Waals surface area contributed by atoms with Crippen LogP contribution in [0.25, 0.3) is 0 Å². The highest BCUT2D eigenvalue weighted by atomic mass is 35.5. The van der Waals surface area contributed by atoms with Crippen molar-refractivity contribution in [3.8, 4) is 0 Å². The minimum absolute atomic E-state index is 0.313. The van der Waals surface area contributed by atoms with Gasteiger partial charge in [-0.2, -0.15) is 0 Å². The maximum Gasteiger partial charge on any atom is 0.352 e. The van der Waals surface area contributed by atoms with Gasteiger partial charge in [-0.05, 0) is 54.5 Å². The van der Waals surface area contributed by atoms with Gasteiger partial charge in [-0.15, -0.1) is 0 Å². The van der Waals surface area contributed by atoms with E-state index in [4.69, 9.17) is 23.2 Å². The number of nitrogens with one attached hydrogen (secondary N) is 1. The Hall–Kier alpha value is -1.45. The van der Waals surface area contributed by atoms with E-state index in [2.05, 4.69) is 4.98 Å². The molecule has 2 aromatic rings. The number of carbonyl (C=O) groups is 1.